The van der Waals surface area contributed by atoms with Crippen molar-refractivity contribution < 1.29 is 23.5 Å². The molecule has 0 aliphatic heterocycles. The first kappa shape index (κ1) is 31.1. The van der Waals surface area contributed by atoms with E-state index in [1.807, 2.05) is 0 Å². The zero-order chi connectivity index (χ0) is 23.3. The fourth-order valence-electron chi connectivity index (χ4n) is 3.56. The summed E-state index contributed by atoms with van der Waals surface area (Å²) >= 11 is 0. The van der Waals surface area contributed by atoms with Crippen LogP contribution in [0.1, 0.15) is 106 Å². The molecule has 0 unspecified atom stereocenters. The molecule has 0 spiro atoms. The van der Waals surface area contributed by atoms with Crippen LogP contribution in [0, 0.1) is 5.92 Å². The molecule has 5 nitrogen and oxygen atoms in total. The van der Waals surface area contributed by atoms with Gasteiger partial charge >= 0.3 is 11.9 Å². The van der Waals surface area contributed by atoms with E-state index in [0.717, 1.165) is 0 Å². The second-order valence-electron chi connectivity index (χ2n) is 8.12. The quantitative estimate of drug-likeness (QED) is 0.158. The molecule has 5 heteroatoms. The highest BCUT2D eigenvalue weighted by molar-refractivity contribution is 5.94. The summed E-state index contributed by atoms with van der Waals surface area (Å²) in [5.74, 6) is -1.76. The van der Waals surface area contributed by atoms with Gasteiger partial charge in [0, 0.05) is 0 Å². The molecule has 0 amide bonds. The number of rotatable bonds is 17. The van der Waals surface area contributed by atoms with Crippen molar-refractivity contribution in [3.63, 3.8) is 0 Å². The molecule has 0 saturated carbocycles. The summed E-state index contributed by atoms with van der Waals surface area (Å²) in [4.78, 5) is 22.3. The van der Waals surface area contributed by atoms with Crippen molar-refractivity contribution >= 4 is 11.9 Å². The lowest BCUT2D eigenvalue weighted by molar-refractivity contribution is -0.929. The van der Waals surface area contributed by atoms with Gasteiger partial charge in [0.25, 0.3) is 0 Å². The highest BCUT2D eigenvalue weighted by atomic mass is 16.6. The van der Waals surface area contributed by atoms with Gasteiger partial charge in [0.2, 0.25) is 0 Å². The minimum atomic E-state index is -0.764. The van der Waals surface area contributed by atoms with Gasteiger partial charge in [-0.2, -0.15) is 0 Å². The average molecular weight is 431 g/mol. The van der Waals surface area contributed by atoms with Crippen LogP contribution < -0.4 is 0 Å². The van der Waals surface area contributed by atoms with E-state index < -0.39 is 17.9 Å². The van der Waals surface area contributed by atoms with E-state index in [4.69, 9.17) is 9.47 Å². The van der Waals surface area contributed by atoms with E-state index in [1.165, 1.54) is 82.0 Å². The maximum absolute atomic E-state index is 11.2. The normalized spacial score (nSPS) is 11.1. The minimum absolute atomic E-state index is 0.286. The number of nitrogens with zero attached hydrogens (tertiary/aromatic N) is 1. The van der Waals surface area contributed by atoms with Gasteiger partial charge in [0.1, 0.15) is 0 Å². The maximum atomic E-state index is 11.2. The molecule has 0 aromatic rings. The number of hydrogen-bond acceptors (Lipinski definition) is 4. The summed E-state index contributed by atoms with van der Waals surface area (Å²) in [6, 6.07) is 0. The molecule has 0 rings (SSSR count). The zero-order valence-electron chi connectivity index (χ0n) is 21.3. The fraction of sp³-hybridized carbons (Fsp3) is 0.920. The van der Waals surface area contributed by atoms with Crippen LogP contribution in [0.3, 0.4) is 0 Å². The largest absolute Gasteiger partial charge is 0.465 e. The molecule has 30 heavy (non-hydrogen) atoms. The predicted molar refractivity (Wildman–Crippen MR) is 126 cm³/mol. The summed E-state index contributed by atoms with van der Waals surface area (Å²) in [6.07, 6.45) is 11.5. The standard InChI is InChI=1S/C16H36N.C9H16O4/c1-5-9-13-17(14-10-6-2,15-11-7-3)16-12-8-4;1-4-7(8(10)12-5-2)9(11)13-6-3/h5-16H2,1-4H3;7H,4-6H2,1-3H3/q+1;. The van der Waals surface area contributed by atoms with Crippen LogP contribution in [0.4, 0.5) is 0 Å². The van der Waals surface area contributed by atoms with Crippen molar-refractivity contribution in [3.05, 3.63) is 0 Å². The summed E-state index contributed by atoms with van der Waals surface area (Å²) in [7, 11) is 0. The average Bonchev–Trinajstić information content (AvgIpc) is 2.74. The number of carbonyl (C=O) groups is 2. The first-order chi connectivity index (χ1) is 14.4. The number of unbranched alkanes of at least 4 members (excludes halogenated alkanes) is 4. The Bertz CT molecular complexity index is 356. The molecular formula is C25H52NO4+. The number of ether oxygens (including phenoxy) is 2. The summed E-state index contributed by atoms with van der Waals surface area (Å²) in [5.41, 5.74) is 0. The van der Waals surface area contributed by atoms with Crippen LogP contribution in [0.2, 0.25) is 0 Å². The van der Waals surface area contributed by atoms with Crippen molar-refractivity contribution in [1.82, 2.24) is 0 Å². The molecule has 0 N–H and O–H groups in total. The topological polar surface area (TPSA) is 52.6 Å². The Morgan fingerprint density at radius 2 is 0.900 bits per heavy atom. The monoisotopic (exact) mass is 430 g/mol. The van der Waals surface area contributed by atoms with E-state index in [0.29, 0.717) is 6.42 Å². The molecule has 0 aliphatic carbocycles. The molecule has 0 aromatic carbocycles. The Morgan fingerprint density at radius 3 is 1.10 bits per heavy atom. The highest BCUT2D eigenvalue weighted by Gasteiger charge is 2.27. The van der Waals surface area contributed by atoms with Crippen molar-refractivity contribution in [1.29, 1.82) is 0 Å². The van der Waals surface area contributed by atoms with Crippen LogP contribution in [0.5, 0.6) is 0 Å². The van der Waals surface area contributed by atoms with Gasteiger partial charge in [-0.05, 0) is 46.0 Å². The molecule has 0 aromatic heterocycles. The van der Waals surface area contributed by atoms with Gasteiger partial charge in [-0.3, -0.25) is 9.59 Å². The second-order valence-corrected chi connectivity index (χ2v) is 8.12. The van der Waals surface area contributed by atoms with Crippen LogP contribution in [-0.2, 0) is 19.1 Å². The minimum Gasteiger partial charge on any atom is -0.465 e. The molecule has 180 valence electrons. The third-order valence-corrected chi connectivity index (χ3v) is 5.49. The number of hydrogen-bond donors (Lipinski definition) is 0. The Hall–Kier alpha value is -1.10. The predicted octanol–water partition coefficient (Wildman–Crippen LogP) is 6.14. The lowest BCUT2D eigenvalue weighted by atomic mass is 10.1. The summed E-state index contributed by atoms with van der Waals surface area (Å²) < 4.78 is 10.9. The lowest BCUT2D eigenvalue weighted by Crippen LogP contribution is -2.50. The Morgan fingerprint density at radius 1 is 0.600 bits per heavy atom. The molecule has 0 radical (unpaired) electrons. The number of carbonyl (C=O) groups excluding carboxylic acids is 2. The Balaban J connectivity index is 0. The fourth-order valence-corrected chi connectivity index (χ4v) is 3.56. The van der Waals surface area contributed by atoms with E-state index in [1.54, 1.807) is 20.8 Å². The Kier molecular flexibility index (Phi) is 21.9. The van der Waals surface area contributed by atoms with Crippen LogP contribution in [0.15, 0.2) is 0 Å². The third-order valence-electron chi connectivity index (χ3n) is 5.49. The molecule has 0 fully saturated rings. The molecule has 0 bridgehead atoms. The van der Waals surface area contributed by atoms with Gasteiger partial charge in [-0.25, -0.2) is 0 Å². The molecule has 0 atom stereocenters. The van der Waals surface area contributed by atoms with Crippen molar-refractivity contribution in [2.24, 2.45) is 5.92 Å². The van der Waals surface area contributed by atoms with E-state index in [-0.39, 0.29) is 13.2 Å². The van der Waals surface area contributed by atoms with Gasteiger partial charge < -0.3 is 14.0 Å². The number of esters is 2. The number of quaternary nitrogens is 1. The van der Waals surface area contributed by atoms with Gasteiger partial charge in [0.15, 0.2) is 5.92 Å². The zero-order valence-corrected chi connectivity index (χ0v) is 21.3. The first-order valence-electron chi connectivity index (χ1n) is 12.6. The summed E-state index contributed by atoms with van der Waals surface area (Å²) in [5, 5.41) is 0. The summed E-state index contributed by atoms with van der Waals surface area (Å²) in [6.45, 7) is 20.7. The van der Waals surface area contributed by atoms with Crippen molar-refractivity contribution in [2.75, 3.05) is 39.4 Å². The van der Waals surface area contributed by atoms with Crippen molar-refractivity contribution in [3.8, 4) is 0 Å². The highest BCUT2D eigenvalue weighted by Crippen LogP contribution is 2.16. The first-order valence-corrected chi connectivity index (χ1v) is 12.6. The maximum Gasteiger partial charge on any atom is 0.320 e. The van der Waals surface area contributed by atoms with Gasteiger partial charge in [0.05, 0.1) is 39.4 Å². The van der Waals surface area contributed by atoms with Gasteiger partial charge in [-0.1, -0.05) is 60.3 Å². The molecule has 0 heterocycles. The van der Waals surface area contributed by atoms with Crippen LogP contribution in [0.25, 0.3) is 0 Å². The van der Waals surface area contributed by atoms with Crippen LogP contribution >= 0.6 is 0 Å². The second kappa shape index (κ2) is 21.1. The molecule has 0 saturated heterocycles. The SMILES string of the molecule is CCCC[N+](CCCC)(CCCC)CCCC.CCOC(=O)C(CC)C(=O)OCC. The van der Waals surface area contributed by atoms with Crippen LogP contribution in [-0.4, -0.2) is 55.8 Å². The lowest BCUT2D eigenvalue weighted by Gasteiger charge is -2.39. The Labute approximate surface area is 187 Å². The molecule has 0 aliphatic rings. The van der Waals surface area contributed by atoms with E-state index in [9.17, 15) is 9.59 Å². The smallest absolute Gasteiger partial charge is 0.320 e. The molecular weight excluding hydrogens is 378 g/mol. The van der Waals surface area contributed by atoms with Gasteiger partial charge in [-0.15, -0.1) is 0 Å². The third kappa shape index (κ3) is 14.8. The van der Waals surface area contributed by atoms with E-state index in [2.05, 4.69) is 27.7 Å². The van der Waals surface area contributed by atoms with E-state index >= 15 is 0 Å². The van der Waals surface area contributed by atoms with Crippen molar-refractivity contribution in [2.45, 2.75) is 106 Å².